The molecule has 0 spiro atoms. The summed E-state index contributed by atoms with van der Waals surface area (Å²) in [5.41, 5.74) is 5.28. The third-order valence-electron chi connectivity index (χ3n) is 7.93. The Labute approximate surface area is 191 Å². The molecule has 0 aliphatic heterocycles. The third kappa shape index (κ3) is 3.01. The molecule has 3 aliphatic rings. The van der Waals surface area contributed by atoms with Crippen molar-refractivity contribution in [1.82, 2.24) is 10.1 Å². The average Bonchev–Trinajstić information content (AvgIpc) is 3.38. The third-order valence-corrected chi connectivity index (χ3v) is 9.09. The zero-order chi connectivity index (χ0) is 22.2. The van der Waals surface area contributed by atoms with Crippen molar-refractivity contribution in [2.24, 2.45) is 17.3 Å². The standard InChI is InChI=1S/C25H27N3O3S/c1-12-19-17(11-18-20(19)25(18,2)3)21(32-12)22-27-23(31-28-22)13-4-7-15(8-5-13)26-16-9-6-14(10-16)24(29)30/h4-5,7-8,14,16,18,20,26H,6,9-11H2,1-3H3,(H,29,30)/t14-,16+,18-,20-/m1/s1. The first-order valence-corrected chi connectivity index (χ1v) is 12.2. The van der Waals surface area contributed by atoms with Crippen molar-refractivity contribution in [2.75, 3.05) is 5.32 Å². The van der Waals surface area contributed by atoms with Crippen LogP contribution in [-0.4, -0.2) is 27.3 Å². The van der Waals surface area contributed by atoms with E-state index >= 15 is 0 Å². The number of hydrogen-bond acceptors (Lipinski definition) is 6. The lowest BCUT2D eigenvalue weighted by Gasteiger charge is -2.14. The quantitative estimate of drug-likeness (QED) is 0.517. The minimum absolute atomic E-state index is 0.206. The number of nitrogens with one attached hydrogen (secondary N) is 1. The van der Waals surface area contributed by atoms with E-state index in [4.69, 9.17) is 9.51 Å². The number of aryl methyl sites for hydroxylation is 1. The van der Waals surface area contributed by atoms with Crippen LogP contribution >= 0.6 is 11.3 Å². The molecule has 0 saturated heterocycles. The maximum absolute atomic E-state index is 11.2. The Balaban J connectivity index is 1.18. The molecule has 166 valence electrons. The van der Waals surface area contributed by atoms with E-state index < -0.39 is 5.97 Å². The molecule has 1 aromatic carbocycles. The topological polar surface area (TPSA) is 88.2 Å². The normalized spacial score (nSPS) is 27.2. The Morgan fingerprint density at radius 1 is 1.25 bits per heavy atom. The smallest absolute Gasteiger partial charge is 0.306 e. The SMILES string of the molecule is Cc1sc(-c2noc(-c3ccc(N[C@H]4CC[C@@H](C(=O)O)C4)cc3)n2)c2c1[C@H]1[C@@H](C2)C1(C)C. The molecule has 3 aromatic rings. The molecule has 2 saturated carbocycles. The van der Waals surface area contributed by atoms with E-state index in [-0.39, 0.29) is 12.0 Å². The number of carboxylic acids is 1. The first-order valence-electron chi connectivity index (χ1n) is 11.4. The summed E-state index contributed by atoms with van der Waals surface area (Å²) in [6.45, 7) is 6.98. The van der Waals surface area contributed by atoms with Gasteiger partial charge < -0.3 is 14.9 Å². The van der Waals surface area contributed by atoms with Crippen LogP contribution in [0.4, 0.5) is 5.69 Å². The van der Waals surface area contributed by atoms with Crippen molar-refractivity contribution in [3.63, 3.8) is 0 Å². The molecule has 2 N–H and O–H groups in total. The second kappa shape index (κ2) is 6.91. The molecule has 3 aliphatic carbocycles. The highest BCUT2D eigenvalue weighted by Crippen LogP contribution is 2.72. The Kier molecular flexibility index (Phi) is 4.31. The molecule has 0 bridgehead atoms. The van der Waals surface area contributed by atoms with E-state index in [0.29, 0.717) is 29.5 Å². The molecular weight excluding hydrogens is 422 g/mol. The van der Waals surface area contributed by atoms with Gasteiger partial charge in [0.25, 0.3) is 5.89 Å². The zero-order valence-corrected chi connectivity index (χ0v) is 19.3. The summed E-state index contributed by atoms with van der Waals surface area (Å²) >= 11 is 1.80. The minimum Gasteiger partial charge on any atom is -0.481 e. The molecule has 7 heteroatoms. The Morgan fingerprint density at radius 2 is 2.03 bits per heavy atom. The number of carbonyl (C=O) groups is 1. The van der Waals surface area contributed by atoms with Crippen LogP contribution in [0.15, 0.2) is 28.8 Å². The van der Waals surface area contributed by atoms with E-state index in [1.807, 2.05) is 24.3 Å². The first-order chi connectivity index (χ1) is 15.3. The van der Waals surface area contributed by atoms with Gasteiger partial charge in [-0.2, -0.15) is 4.98 Å². The number of fused-ring (bicyclic) bond motifs is 3. The van der Waals surface area contributed by atoms with Crippen molar-refractivity contribution in [3.05, 3.63) is 40.3 Å². The van der Waals surface area contributed by atoms with Gasteiger partial charge in [-0.25, -0.2) is 0 Å². The van der Waals surface area contributed by atoms with Crippen LogP contribution in [0.5, 0.6) is 0 Å². The number of carboxylic acid groups (broad SMARTS) is 1. The van der Waals surface area contributed by atoms with Gasteiger partial charge in [-0.1, -0.05) is 19.0 Å². The summed E-state index contributed by atoms with van der Waals surface area (Å²) in [6.07, 6.45) is 3.42. The average molecular weight is 450 g/mol. The molecule has 4 atom stereocenters. The van der Waals surface area contributed by atoms with E-state index in [2.05, 4.69) is 31.2 Å². The largest absolute Gasteiger partial charge is 0.481 e. The molecule has 32 heavy (non-hydrogen) atoms. The van der Waals surface area contributed by atoms with Crippen molar-refractivity contribution < 1.29 is 14.4 Å². The van der Waals surface area contributed by atoms with Gasteiger partial charge in [0.1, 0.15) is 0 Å². The van der Waals surface area contributed by atoms with Crippen LogP contribution < -0.4 is 5.32 Å². The second-order valence-electron chi connectivity index (χ2n) is 10.2. The van der Waals surface area contributed by atoms with E-state index in [1.54, 1.807) is 16.9 Å². The van der Waals surface area contributed by atoms with Crippen LogP contribution in [0.25, 0.3) is 22.2 Å². The van der Waals surface area contributed by atoms with Crippen molar-refractivity contribution >= 4 is 23.0 Å². The number of nitrogens with zero attached hydrogens (tertiary/aromatic N) is 2. The van der Waals surface area contributed by atoms with E-state index in [1.165, 1.54) is 15.3 Å². The summed E-state index contributed by atoms with van der Waals surface area (Å²) in [5, 5.41) is 17.0. The van der Waals surface area contributed by atoms with Crippen LogP contribution in [-0.2, 0) is 11.2 Å². The fourth-order valence-corrected chi connectivity index (χ4v) is 7.18. The molecular formula is C25H27N3O3S. The number of aliphatic carboxylic acids is 1. The molecule has 0 amide bonds. The zero-order valence-electron chi connectivity index (χ0n) is 18.5. The number of benzene rings is 1. The van der Waals surface area contributed by atoms with Crippen LogP contribution in [0.2, 0.25) is 0 Å². The summed E-state index contributed by atoms with van der Waals surface area (Å²) in [4.78, 5) is 18.5. The molecule has 2 fully saturated rings. The van der Waals surface area contributed by atoms with Gasteiger partial charge in [0.15, 0.2) is 0 Å². The van der Waals surface area contributed by atoms with E-state index in [0.717, 1.165) is 36.4 Å². The second-order valence-corrected chi connectivity index (χ2v) is 11.4. The molecule has 6 rings (SSSR count). The lowest BCUT2D eigenvalue weighted by atomic mass is 9.95. The van der Waals surface area contributed by atoms with Crippen molar-refractivity contribution in [1.29, 1.82) is 0 Å². The number of rotatable bonds is 5. The summed E-state index contributed by atoms with van der Waals surface area (Å²) in [7, 11) is 0. The maximum atomic E-state index is 11.2. The molecule has 0 unspecified atom stereocenters. The highest BCUT2D eigenvalue weighted by atomic mass is 32.1. The van der Waals surface area contributed by atoms with Crippen LogP contribution in [0, 0.1) is 24.2 Å². The maximum Gasteiger partial charge on any atom is 0.306 e. The van der Waals surface area contributed by atoms with Crippen LogP contribution in [0.3, 0.4) is 0 Å². The van der Waals surface area contributed by atoms with Gasteiger partial charge in [-0.05, 0) is 85.3 Å². The van der Waals surface area contributed by atoms with Gasteiger partial charge in [0, 0.05) is 22.2 Å². The van der Waals surface area contributed by atoms with Gasteiger partial charge in [-0.15, -0.1) is 11.3 Å². The molecule has 6 nitrogen and oxygen atoms in total. The lowest BCUT2D eigenvalue weighted by Crippen LogP contribution is -2.17. The first kappa shape index (κ1) is 20.0. The highest BCUT2D eigenvalue weighted by Gasteiger charge is 2.63. The Hall–Kier alpha value is -2.67. The van der Waals surface area contributed by atoms with Gasteiger partial charge in [0.2, 0.25) is 5.82 Å². The summed E-state index contributed by atoms with van der Waals surface area (Å²) < 4.78 is 5.63. The Morgan fingerprint density at radius 3 is 2.75 bits per heavy atom. The Bertz CT molecular complexity index is 1210. The van der Waals surface area contributed by atoms with Crippen molar-refractivity contribution in [2.45, 2.75) is 58.4 Å². The minimum atomic E-state index is -0.691. The lowest BCUT2D eigenvalue weighted by molar-refractivity contribution is -0.141. The van der Waals surface area contributed by atoms with Gasteiger partial charge in [-0.3, -0.25) is 4.79 Å². The fraction of sp³-hybridized carbons (Fsp3) is 0.480. The number of hydrogen-bond donors (Lipinski definition) is 2. The van der Waals surface area contributed by atoms with E-state index in [9.17, 15) is 9.90 Å². The number of aromatic nitrogens is 2. The predicted octanol–water partition coefficient (Wildman–Crippen LogP) is 5.73. The monoisotopic (exact) mass is 449 g/mol. The van der Waals surface area contributed by atoms with Gasteiger partial charge in [0.05, 0.1) is 10.8 Å². The summed E-state index contributed by atoms with van der Waals surface area (Å²) in [5.74, 6) is 1.75. The van der Waals surface area contributed by atoms with Crippen LogP contribution in [0.1, 0.15) is 55.0 Å². The molecule has 2 aromatic heterocycles. The predicted molar refractivity (Wildman–Crippen MR) is 124 cm³/mol. The number of anilines is 1. The number of thiophene rings is 1. The van der Waals surface area contributed by atoms with Crippen molar-refractivity contribution in [3.8, 4) is 22.2 Å². The molecule has 0 radical (unpaired) electrons. The highest BCUT2D eigenvalue weighted by molar-refractivity contribution is 7.15. The summed E-state index contributed by atoms with van der Waals surface area (Å²) in [6, 6.07) is 8.15. The fourth-order valence-electron chi connectivity index (χ4n) is 6.03. The molecule has 2 heterocycles. The van der Waals surface area contributed by atoms with Gasteiger partial charge >= 0.3 is 5.97 Å².